The Hall–Kier alpha value is -0.0800. The molecular formula is C8H16O2. The molecule has 0 spiro atoms. The quantitative estimate of drug-likeness (QED) is 0.601. The van der Waals surface area contributed by atoms with E-state index >= 15 is 0 Å². The number of rotatable bonds is 4. The summed E-state index contributed by atoms with van der Waals surface area (Å²) in [5.41, 5.74) is 0.0892. The highest BCUT2D eigenvalue weighted by molar-refractivity contribution is 4.74. The van der Waals surface area contributed by atoms with Crippen LogP contribution in [0.5, 0.6) is 0 Å². The van der Waals surface area contributed by atoms with E-state index in [1.165, 1.54) is 0 Å². The molecule has 2 heteroatoms. The van der Waals surface area contributed by atoms with Gasteiger partial charge in [0.05, 0.1) is 12.7 Å². The smallest absolute Gasteiger partial charge is 0.0810 e. The average molecular weight is 144 g/mol. The first-order chi connectivity index (χ1) is 4.64. The molecule has 0 saturated carbocycles. The second-order valence-electron chi connectivity index (χ2n) is 3.82. The highest BCUT2D eigenvalue weighted by Gasteiger charge is 2.26. The van der Waals surface area contributed by atoms with E-state index in [1.807, 2.05) is 0 Å². The van der Waals surface area contributed by atoms with Crippen LogP contribution in [0, 0.1) is 5.41 Å². The van der Waals surface area contributed by atoms with Gasteiger partial charge in [-0.25, -0.2) is 0 Å². The van der Waals surface area contributed by atoms with Gasteiger partial charge in [0.15, 0.2) is 0 Å². The van der Waals surface area contributed by atoms with Gasteiger partial charge in [-0.05, 0) is 18.3 Å². The maximum absolute atomic E-state index is 8.89. The van der Waals surface area contributed by atoms with Crippen molar-refractivity contribution >= 4 is 0 Å². The van der Waals surface area contributed by atoms with Crippen molar-refractivity contribution in [3.63, 3.8) is 0 Å². The number of epoxide rings is 1. The van der Waals surface area contributed by atoms with E-state index in [4.69, 9.17) is 9.84 Å². The molecule has 1 unspecified atom stereocenters. The minimum Gasteiger partial charge on any atom is -0.396 e. The molecule has 1 aliphatic rings. The third-order valence-corrected chi connectivity index (χ3v) is 1.97. The lowest BCUT2D eigenvalue weighted by Gasteiger charge is -2.20. The SMILES string of the molecule is CC(C)(CO)CCC1CO1. The van der Waals surface area contributed by atoms with Crippen LogP contribution < -0.4 is 0 Å². The molecule has 1 N–H and O–H groups in total. The fourth-order valence-corrected chi connectivity index (χ4v) is 0.865. The molecule has 0 radical (unpaired) electrons. The van der Waals surface area contributed by atoms with Gasteiger partial charge in [-0.3, -0.25) is 0 Å². The lowest BCUT2D eigenvalue weighted by molar-refractivity contribution is 0.144. The Bertz CT molecular complexity index is 106. The van der Waals surface area contributed by atoms with Crippen LogP contribution in [0.15, 0.2) is 0 Å². The third kappa shape index (κ3) is 2.67. The molecule has 0 aromatic rings. The minimum atomic E-state index is 0.0892. The van der Waals surface area contributed by atoms with Gasteiger partial charge >= 0.3 is 0 Å². The third-order valence-electron chi connectivity index (χ3n) is 1.97. The molecule has 0 aromatic carbocycles. The van der Waals surface area contributed by atoms with Gasteiger partial charge in [-0.2, -0.15) is 0 Å². The van der Waals surface area contributed by atoms with Gasteiger partial charge in [0.25, 0.3) is 0 Å². The van der Waals surface area contributed by atoms with Crippen LogP contribution in [-0.2, 0) is 4.74 Å². The molecule has 2 nitrogen and oxygen atoms in total. The van der Waals surface area contributed by atoms with Crippen LogP contribution in [0.3, 0.4) is 0 Å². The number of aliphatic hydroxyl groups is 1. The second-order valence-corrected chi connectivity index (χ2v) is 3.82. The predicted molar refractivity (Wildman–Crippen MR) is 39.8 cm³/mol. The summed E-state index contributed by atoms with van der Waals surface area (Å²) < 4.78 is 5.07. The van der Waals surface area contributed by atoms with E-state index in [0.717, 1.165) is 19.4 Å². The van der Waals surface area contributed by atoms with Crippen LogP contribution in [0.1, 0.15) is 26.7 Å². The number of ether oxygens (including phenoxy) is 1. The Morgan fingerprint density at radius 1 is 1.60 bits per heavy atom. The molecule has 1 fully saturated rings. The Balaban J connectivity index is 2.09. The number of aliphatic hydroxyl groups excluding tert-OH is 1. The summed E-state index contributed by atoms with van der Waals surface area (Å²) in [4.78, 5) is 0. The lowest BCUT2D eigenvalue weighted by Crippen LogP contribution is -2.17. The summed E-state index contributed by atoms with van der Waals surface area (Å²) in [6.07, 6.45) is 2.67. The van der Waals surface area contributed by atoms with Gasteiger partial charge in [-0.1, -0.05) is 13.8 Å². The Morgan fingerprint density at radius 3 is 2.60 bits per heavy atom. The standard InChI is InChI=1S/C8H16O2/c1-8(2,6-9)4-3-7-5-10-7/h7,9H,3-6H2,1-2H3. The molecule has 60 valence electrons. The summed E-state index contributed by atoms with van der Waals surface area (Å²) in [6, 6.07) is 0. The zero-order valence-electron chi connectivity index (χ0n) is 6.76. The summed E-state index contributed by atoms with van der Waals surface area (Å²) >= 11 is 0. The zero-order valence-corrected chi connectivity index (χ0v) is 6.76. The number of hydrogen-bond acceptors (Lipinski definition) is 2. The maximum Gasteiger partial charge on any atom is 0.0810 e. The maximum atomic E-state index is 8.89. The summed E-state index contributed by atoms with van der Waals surface area (Å²) in [7, 11) is 0. The zero-order chi connectivity index (χ0) is 7.61. The Morgan fingerprint density at radius 2 is 2.20 bits per heavy atom. The monoisotopic (exact) mass is 144 g/mol. The van der Waals surface area contributed by atoms with Crippen molar-refractivity contribution in [1.82, 2.24) is 0 Å². The van der Waals surface area contributed by atoms with Crippen molar-refractivity contribution in [2.75, 3.05) is 13.2 Å². The highest BCUT2D eigenvalue weighted by atomic mass is 16.6. The van der Waals surface area contributed by atoms with Gasteiger partial charge in [0, 0.05) is 6.61 Å². The first-order valence-corrected chi connectivity index (χ1v) is 3.86. The molecular weight excluding hydrogens is 128 g/mol. The van der Waals surface area contributed by atoms with Gasteiger partial charge in [-0.15, -0.1) is 0 Å². The minimum absolute atomic E-state index is 0.0892. The topological polar surface area (TPSA) is 32.8 Å². The lowest BCUT2D eigenvalue weighted by atomic mass is 9.88. The molecule has 1 saturated heterocycles. The largest absolute Gasteiger partial charge is 0.396 e. The van der Waals surface area contributed by atoms with E-state index < -0.39 is 0 Å². The predicted octanol–water partition coefficient (Wildman–Crippen LogP) is 1.18. The van der Waals surface area contributed by atoms with E-state index in [9.17, 15) is 0 Å². The van der Waals surface area contributed by atoms with Crippen molar-refractivity contribution < 1.29 is 9.84 Å². The molecule has 1 atom stereocenters. The highest BCUT2D eigenvalue weighted by Crippen LogP contribution is 2.26. The molecule has 0 amide bonds. The van der Waals surface area contributed by atoms with E-state index in [2.05, 4.69) is 13.8 Å². The summed E-state index contributed by atoms with van der Waals surface area (Å²) in [5, 5.41) is 8.89. The van der Waals surface area contributed by atoms with E-state index in [1.54, 1.807) is 0 Å². The van der Waals surface area contributed by atoms with E-state index in [0.29, 0.717) is 6.10 Å². The first kappa shape index (κ1) is 8.02. The normalized spacial score (nSPS) is 24.9. The average Bonchev–Trinajstić information content (AvgIpc) is 2.66. The summed E-state index contributed by atoms with van der Waals surface area (Å²) in [5.74, 6) is 0. The van der Waals surface area contributed by atoms with Crippen LogP contribution in [0.4, 0.5) is 0 Å². The van der Waals surface area contributed by atoms with Gasteiger partial charge < -0.3 is 9.84 Å². The molecule has 1 rings (SSSR count). The molecule has 1 aliphatic heterocycles. The van der Waals surface area contributed by atoms with Crippen molar-refractivity contribution in [3.8, 4) is 0 Å². The van der Waals surface area contributed by atoms with Crippen molar-refractivity contribution in [1.29, 1.82) is 0 Å². The van der Waals surface area contributed by atoms with Crippen molar-refractivity contribution in [2.45, 2.75) is 32.8 Å². The van der Waals surface area contributed by atoms with Crippen LogP contribution in [-0.4, -0.2) is 24.4 Å². The molecule has 0 aliphatic carbocycles. The van der Waals surface area contributed by atoms with Gasteiger partial charge in [0.2, 0.25) is 0 Å². The van der Waals surface area contributed by atoms with Crippen LogP contribution >= 0.6 is 0 Å². The van der Waals surface area contributed by atoms with Gasteiger partial charge in [0.1, 0.15) is 0 Å². The molecule has 10 heavy (non-hydrogen) atoms. The van der Waals surface area contributed by atoms with Crippen molar-refractivity contribution in [3.05, 3.63) is 0 Å². The molecule has 1 heterocycles. The summed E-state index contributed by atoms with van der Waals surface area (Å²) in [6.45, 7) is 5.37. The van der Waals surface area contributed by atoms with Crippen molar-refractivity contribution in [2.24, 2.45) is 5.41 Å². The second kappa shape index (κ2) is 2.89. The number of hydrogen-bond donors (Lipinski definition) is 1. The Kier molecular flexibility index (Phi) is 2.32. The fraction of sp³-hybridized carbons (Fsp3) is 1.00. The Labute approximate surface area is 62.2 Å². The van der Waals surface area contributed by atoms with Crippen LogP contribution in [0.2, 0.25) is 0 Å². The first-order valence-electron chi connectivity index (χ1n) is 3.86. The molecule has 0 bridgehead atoms. The fourth-order valence-electron chi connectivity index (χ4n) is 0.865. The van der Waals surface area contributed by atoms with Crippen LogP contribution in [0.25, 0.3) is 0 Å². The molecule has 0 aromatic heterocycles. The van der Waals surface area contributed by atoms with E-state index in [-0.39, 0.29) is 12.0 Å².